The van der Waals surface area contributed by atoms with Crippen LogP contribution in [0.4, 0.5) is 5.82 Å². The van der Waals surface area contributed by atoms with Crippen molar-refractivity contribution in [2.75, 3.05) is 11.9 Å². The minimum atomic E-state index is -0.0272. The summed E-state index contributed by atoms with van der Waals surface area (Å²) < 4.78 is 0.730. The van der Waals surface area contributed by atoms with Crippen LogP contribution in [0, 0.1) is 0 Å². The molecule has 0 fully saturated rings. The van der Waals surface area contributed by atoms with Crippen molar-refractivity contribution in [3.05, 3.63) is 22.8 Å². The van der Waals surface area contributed by atoms with Gasteiger partial charge in [-0.1, -0.05) is 6.07 Å². The number of nitrogens with zero attached hydrogens (tertiary/aromatic N) is 2. The molecular weight excluding hydrogens is 220 g/mol. The lowest BCUT2D eigenvalue weighted by Crippen LogP contribution is -2.23. The molecule has 1 aromatic heterocycles. The highest BCUT2D eigenvalue weighted by Gasteiger charge is 2.05. The molecule has 12 heavy (non-hydrogen) atoms. The SMILES string of the molecule is CC(=O)N(C)c1cccc(Br)n1. The Morgan fingerprint density at radius 1 is 1.58 bits per heavy atom. The summed E-state index contributed by atoms with van der Waals surface area (Å²) >= 11 is 3.23. The van der Waals surface area contributed by atoms with Crippen molar-refractivity contribution in [2.24, 2.45) is 0 Å². The molecule has 0 aliphatic heterocycles. The van der Waals surface area contributed by atoms with E-state index in [-0.39, 0.29) is 5.91 Å². The second kappa shape index (κ2) is 3.67. The van der Waals surface area contributed by atoms with E-state index >= 15 is 0 Å². The Kier molecular flexibility index (Phi) is 2.81. The summed E-state index contributed by atoms with van der Waals surface area (Å²) in [4.78, 5) is 16.5. The first-order valence-corrected chi connectivity index (χ1v) is 4.27. The molecule has 1 amide bonds. The smallest absolute Gasteiger partial charge is 0.224 e. The van der Waals surface area contributed by atoms with E-state index in [9.17, 15) is 4.79 Å². The lowest BCUT2D eigenvalue weighted by Gasteiger charge is -2.13. The Bertz CT molecular complexity index is 301. The Labute approximate surface area is 79.5 Å². The van der Waals surface area contributed by atoms with Gasteiger partial charge in [0.1, 0.15) is 10.4 Å². The van der Waals surface area contributed by atoms with E-state index in [0.29, 0.717) is 5.82 Å². The largest absolute Gasteiger partial charge is 0.300 e. The van der Waals surface area contributed by atoms with Crippen LogP contribution in [0.15, 0.2) is 22.8 Å². The minimum absolute atomic E-state index is 0.0272. The topological polar surface area (TPSA) is 33.2 Å². The average Bonchev–Trinajstić information content (AvgIpc) is 2.03. The number of pyridine rings is 1. The number of anilines is 1. The van der Waals surface area contributed by atoms with Crippen molar-refractivity contribution in [1.82, 2.24) is 4.98 Å². The quantitative estimate of drug-likeness (QED) is 0.688. The van der Waals surface area contributed by atoms with Crippen molar-refractivity contribution in [3.63, 3.8) is 0 Å². The van der Waals surface area contributed by atoms with Crippen molar-refractivity contribution in [2.45, 2.75) is 6.92 Å². The van der Waals surface area contributed by atoms with Gasteiger partial charge in [0.05, 0.1) is 0 Å². The van der Waals surface area contributed by atoms with E-state index in [2.05, 4.69) is 20.9 Å². The van der Waals surface area contributed by atoms with E-state index in [1.165, 1.54) is 11.8 Å². The maximum Gasteiger partial charge on any atom is 0.224 e. The Balaban J connectivity index is 2.95. The highest BCUT2D eigenvalue weighted by atomic mass is 79.9. The summed E-state index contributed by atoms with van der Waals surface area (Å²) in [6, 6.07) is 5.44. The third-order valence-corrected chi connectivity index (χ3v) is 1.96. The van der Waals surface area contributed by atoms with Gasteiger partial charge >= 0.3 is 0 Å². The third kappa shape index (κ3) is 2.04. The maximum absolute atomic E-state index is 10.9. The molecule has 0 aromatic carbocycles. The third-order valence-electron chi connectivity index (χ3n) is 1.52. The molecule has 1 aromatic rings. The molecule has 4 heteroatoms. The van der Waals surface area contributed by atoms with Gasteiger partial charge in [-0.3, -0.25) is 4.79 Å². The number of rotatable bonds is 1. The first-order chi connectivity index (χ1) is 5.61. The fraction of sp³-hybridized carbons (Fsp3) is 0.250. The Morgan fingerprint density at radius 2 is 2.25 bits per heavy atom. The van der Waals surface area contributed by atoms with Gasteiger partial charge in [-0.2, -0.15) is 0 Å². The van der Waals surface area contributed by atoms with E-state index in [1.54, 1.807) is 13.1 Å². The Hall–Kier alpha value is -0.900. The molecular formula is C8H9BrN2O. The van der Waals surface area contributed by atoms with Crippen LogP contribution in [0.2, 0.25) is 0 Å². The van der Waals surface area contributed by atoms with Crippen LogP contribution in [0.1, 0.15) is 6.92 Å². The standard InChI is InChI=1S/C8H9BrN2O/c1-6(12)11(2)8-5-3-4-7(9)10-8/h3-5H,1-2H3. The fourth-order valence-corrected chi connectivity index (χ4v) is 1.08. The molecule has 0 bridgehead atoms. The fourth-order valence-electron chi connectivity index (χ4n) is 0.746. The molecule has 0 unspecified atom stereocenters. The minimum Gasteiger partial charge on any atom is -0.300 e. The molecule has 0 aliphatic carbocycles. The van der Waals surface area contributed by atoms with Gasteiger partial charge in [-0.25, -0.2) is 4.98 Å². The molecule has 0 atom stereocenters. The highest BCUT2D eigenvalue weighted by Crippen LogP contribution is 2.13. The van der Waals surface area contributed by atoms with E-state index in [4.69, 9.17) is 0 Å². The van der Waals surface area contributed by atoms with Crippen LogP contribution in [0.25, 0.3) is 0 Å². The van der Waals surface area contributed by atoms with Crippen molar-refractivity contribution < 1.29 is 4.79 Å². The molecule has 1 heterocycles. The van der Waals surface area contributed by atoms with Crippen LogP contribution in [-0.2, 0) is 4.79 Å². The zero-order chi connectivity index (χ0) is 9.14. The van der Waals surface area contributed by atoms with Gasteiger partial charge in [0.15, 0.2) is 0 Å². The van der Waals surface area contributed by atoms with Crippen LogP contribution in [0.5, 0.6) is 0 Å². The van der Waals surface area contributed by atoms with Gasteiger partial charge in [-0.15, -0.1) is 0 Å². The van der Waals surface area contributed by atoms with Crippen LogP contribution in [0.3, 0.4) is 0 Å². The number of carbonyl (C=O) groups excluding carboxylic acids is 1. The van der Waals surface area contributed by atoms with Crippen LogP contribution < -0.4 is 4.90 Å². The summed E-state index contributed by atoms with van der Waals surface area (Å²) in [5.41, 5.74) is 0. The predicted octanol–water partition coefficient (Wildman–Crippen LogP) is 1.83. The summed E-state index contributed by atoms with van der Waals surface area (Å²) in [7, 11) is 1.69. The number of halogens is 1. The van der Waals surface area contributed by atoms with Crippen molar-refractivity contribution >= 4 is 27.7 Å². The van der Waals surface area contributed by atoms with Gasteiger partial charge in [0.25, 0.3) is 0 Å². The number of hydrogen-bond donors (Lipinski definition) is 0. The summed E-state index contributed by atoms with van der Waals surface area (Å²) in [5, 5.41) is 0. The molecule has 0 aliphatic rings. The molecule has 0 saturated carbocycles. The normalized spacial score (nSPS) is 9.58. The first kappa shape index (κ1) is 9.19. The van der Waals surface area contributed by atoms with Crippen LogP contribution in [-0.4, -0.2) is 17.9 Å². The maximum atomic E-state index is 10.9. The number of amides is 1. The second-order valence-electron chi connectivity index (χ2n) is 2.40. The van der Waals surface area contributed by atoms with E-state index in [1.807, 2.05) is 12.1 Å². The zero-order valence-electron chi connectivity index (χ0n) is 6.91. The zero-order valence-corrected chi connectivity index (χ0v) is 8.50. The predicted molar refractivity (Wildman–Crippen MR) is 51.0 cm³/mol. The average molecular weight is 229 g/mol. The summed E-state index contributed by atoms with van der Waals surface area (Å²) in [6.45, 7) is 1.50. The molecule has 0 radical (unpaired) electrons. The lowest BCUT2D eigenvalue weighted by atomic mass is 10.4. The number of carbonyl (C=O) groups is 1. The van der Waals surface area contributed by atoms with Crippen molar-refractivity contribution in [3.8, 4) is 0 Å². The summed E-state index contributed by atoms with van der Waals surface area (Å²) in [5.74, 6) is 0.623. The van der Waals surface area contributed by atoms with Crippen molar-refractivity contribution in [1.29, 1.82) is 0 Å². The second-order valence-corrected chi connectivity index (χ2v) is 3.21. The first-order valence-electron chi connectivity index (χ1n) is 3.48. The molecule has 0 N–H and O–H groups in total. The van der Waals surface area contributed by atoms with E-state index < -0.39 is 0 Å². The van der Waals surface area contributed by atoms with E-state index in [0.717, 1.165) is 4.60 Å². The molecule has 0 spiro atoms. The van der Waals surface area contributed by atoms with Gasteiger partial charge in [-0.05, 0) is 28.1 Å². The highest BCUT2D eigenvalue weighted by molar-refractivity contribution is 9.10. The molecule has 3 nitrogen and oxygen atoms in total. The van der Waals surface area contributed by atoms with Crippen LogP contribution >= 0.6 is 15.9 Å². The molecule has 0 saturated heterocycles. The Morgan fingerprint density at radius 3 is 2.75 bits per heavy atom. The number of aromatic nitrogens is 1. The molecule has 1 rings (SSSR count). The van der Waals surface area contributed by atoms with Gasteiger partial charge < -0.3 is 4.90 Å². The number of hydrogen-bond acceptors (Lipinski definition) is 2. The van der Waals surface area contributed by atoms with Gasteiger partial charge in [0.2, 0.25) is 5.91 Å². The monoisotopic (exact) mass is 228 g/mol. The lowest BCUT2D eigenvalue weighted by molar-refractivity contribution is -0.116. The summed E-state index contributed by atoms with van der Waals surface area (Å²) in [6.07, 6.45) is 0. The van der Waals surface area contributed by atoms with Gasteiger partial charge in [0, 0.05) is 14.0 Å². The molecule has 64 valence electrons.